The summed E-state index contributed by atoms with van der Waals surface area (Å²) in [5.74, 6) is -0.103. The van der Waals surface area contributed by atoms with Gasteiger partial charge in [0, 0.05) is 23.3 Å². The molecule has 0 unspecified atom stereocenters. The van der Waals surface area contributed by atoms with Crippen LogP contribution < -0.4 is 4.72 Å². The number of hydrogen-bond donors (Lipinski definition) is 3. The fourth-order valence-electron chi connectivity index (χ4n) is 2.68. The highest BCUT2D eigenvalue weighted by Crippen LogP contribution is 2.41. The number of phenolic OH excluding ortho intramolecular Hbond substituents is 1. The molecule has 2 aromatic carbocycles. The van der Waals surface area contributed by atoms with E-state index in [1.807, 2.05) is 0 Å². The zero-order valence-electron chi connectivity index (χ0n) is 16.3. The first kappa shape index (κ1) is 22.1. The molecule has 10 nitrogen and oxygen atoms in total. The molecule has 31 heavy (non-hydrogen) atoms. The molecule has 1 heterocycles. The summed E-state index contributed by atoms with van der Waals surface area (Å²) in [4.78, 5) is 20.5. The van der Waals surface area contributed by atoms with E-state index in [4.69, 9.17) is 0 Å². The molecule has 12 heteroatoms. The zero-order valence-corrected chi connectivity index (χ0v) is 17.9. The number of sulfonamides is 1. The van der Waals surface area contributed by atoms with E-state index in [-0.39, 0.29) is 26.9 Å². The van der Waals surface area contributed by atoms with Crippen LogP contribution in [-0.4, -0.2) is 40.7 Å². The third kappa shape index (κ3) is 4.59. The Morgan fingerprint density at radius 3 is 2.45 bits per heavy atom. The van der Waals surface area contributed by atoms with E-state index in [0.29, 0.717) is 21.2 Å². The highest BCUT2D eigenvalue weighted by atomic mass is 32.2. The standard InChI is InChI=1S/C19H17N5O5S2/c1-4-14-15(5-2)18(25)17(30-19-20-11-21-22-19)10-16(14)23-31(27,28)13-8-6-12(7-9-13)24(26)29-3/h4-11,23H,1-2H2,3H3,(H-,20,21,22,25)/p+1. The normalized spacial score (nSPS) is 11.0. The molecule has 0 spiro atoms. The van der Waals surface area contributed by atoms with Crippen molar-refractivity contribution in [3.8, 4) is 5.75 Å². The van der Waals surface area contributed by atoms with Gasteiger partial charge in [0.05, 0.1) is 20.4 Å². The molecule has 0 fully saturated rings. The van der Waals surface area contributed by atoms with E-state index in [1.165, 1.54) is 55.9 Å². The third-order valence-corrected chi connectivity index (χ3v) is 6.42. The van der Waals surface area contributed by atoms with Gasteiger partial charge in [-0.05, 0) is 30.0 Å². The molecule has 0 bridgehead atoms. The van der Waals surface area contributed by atoms with Gasteiger partial charge in [-0.15, -0.1) is 0 Å². The smallest absolute Gasteiger partial charge is 0.316 e. The van der Waals surface area contributed by atoms with Crippen LogP contribution in [0.25, 0.3) is 12.2 Å². The first-order chi connectivity index (χ1) is 14.8. The minimum atomic E-state index is -4.03. The Morgan fingerprint density at radius 2 is 1.90 bits per heavy atom. The van der Waals surface area contributed by atoms with E-state index in [0.717, 1.165) is 11.8 Å². The lowest BCUT2D eigenvalue weighted by molar-refractivity contribution is -0.736. The van der Waals surface area contributed by atoms with Crippen LogP contribution in [0.3, 0.4) is 0 Å². The van der Waals surface area contributed by atoms with Crippen LogP contribution in [0.2, 0.25) is 0 Å². The SMILES string of the molecule is C=Cc1c(NS(=O)(=O)c2ccc([N+](=O)OC)cc2)cc(Sc2ncn[nH]2)c(O)c1C=C. The van der Waals surface area contributed by atoms with Crippen molar-refractivity contribution in [3.63, 3.8) is 0 Å². The van der Waals surface area contributed by atoms with Gasteiger partial charge in [0.1, 0.15) is 12.1 Å². The molecule has 0 amide bonds. The van der Waals surface area contributed by atoms with Crippen molar-refractivity contribution >= 4 is 45.3 Å². The number of aromatic amines is 1. The lowest BCUT2D eigenvalue weighted by Crippen LogP contribution is -2.14. The molecule has 0 saturated heterocycles. The van der Waals surface area contributed by atoms with Crippen molar-refractivity contribution < 1.29 is 23.3 Å². The molecule has 160 valence electrons. The number of aromatic nitrogens is 3. The molecule has 0 atom stereocenters. The van der Waals surface area contributed by atoms with Crippen molar-refractivity contribution in [2.75, 3.05) is 11.8 Å². The maximum absolute atomic E-state index is 12.9. The maximum atomic E-state index is 12.9. The maximum Gasteiger partial charge on any atom is 0.316 e. The van der Waals surface area contributed by atoms with Crippen LogP contribution in [0, 0.1) is 4.91 Å². The van der Waals surface area contributed by atoms with Gasteiger partial charge < -0.3 is 5.11 Å². The Bertz CT molecular complexity index is 1240. The second kappa shape index (κ2) is 9.02. The van der Waals surface area contributed by atoms with E-state index in [1.54, 1.807) is 0 Å². The van der Waals surface area contributed by atoms with Gasteiger partial charge in [-0.1, -0.05) is 25.3 Å². The van der Waals surface area contributed by atoms with E-state index in [9.17, 15) is 18.4 Å². The Hall–Kier alpha value is -3.64. The molecular formula is C19H18N5O5S2+. The summed E-state index contributed by atoms with van der Waals surface area (Å²) >= 11 is 1.06. The van der Waals surface area contributed by atoms with E-state index >= 15 is 0 Å². The summed E-state index contributed by atoms with van der Waals surface area (Å²) in [5.41, 5.74) is 0.961. The summed E-state index contributed by atoms with van der Waals surface area (Å²) in [7, 11) is -2.83. The number of anilines is 1. The van der Waals surface area contributed by atoms with Crippen LogP contribution in [0.5, 0.6) is 5.75 Å². The van der Waals surface area contributed by atoms with Gasteiger partial charge in [0.2, 0.25) is 0 Å². The molecular weight excluding hydrogens is 442 g/mol. The van der Waals surface area contributed by atoms with Crippen LogP contribution >= 0.6 is 11.8 Å². The Kier molecular flexibility index (Phi) is 6.42. The predicted molar refractivity (Wildman–Crippen MR) is 116 cm³/mol. The molecule has 0 aliphatic rings. The number of hydrogen-bond acceptors (Lipinski definition) is 8. The van der Waals surface area contributed by atoms with Gasteiger partial charge in [0.25, 0.3) is 14.9 Å². The van der Waals surface area contributed by atoms with Crippen molar-refractivity contribution in [3.05, 3.63) is 65.9 Å². The summed E-state index contributed by atoms with van der Waals surface area (Å²) in [6.07, 6.45) is 4.12. The van der Waals surface area contributed by atoms with Crippen LogP contribution in [0.1, 0.15) is 11.1 Å². The molecule has 3 rings (SSSR count). The van der Waals surface area contributed by atoms with Gasteiger partial charge in [-0.2, -0.15) is 5.10 Å². The summed E-state index contributed by atoms with van der Waals surface area (Å²) in [6.45, 7) is 7.40. The lowest BCUT2D eigenvalue weighted by atomic mass is 10.0. The van der Waals surface area contributed by atoms with Crippen molar-refractivity contribution in [1.82, 2.24) is 15.2 Å². The Balaban J connectivity index is 2.03. The highest BCUT2D eigenvalue weighted by Gasteiger charge is 2.22. The molecule has 1 aromatic heterocycles. The Morgan fingerprint density at radius 1 is 1.23 bits per heavy atom. The number of nitrogens with zero attached hydrogens (tertiary/aromatic N) is 3. The quantitative estimate of drug-likeness (QED) is 0.324. The van der Waals surface area contributed by atoms with Gasteiger partial charge >= 0.3 is 5.69 Å². The minimum Gasteiger partial charge on any atom is -0.506 e. The first-order valence-electron chi connectivity index (χ1n) is 8.63. The fourth-order valence-corrected chi connectivity index (χ4v) is 4.54. The van der Waals surface area contributed by atoms with Gasteiger partial charge in [-0.25, -0.2) is 18.2 Å². The second-order valence-electron chi connectivity index (χ2n) is 5.94. The van der Waals surface area contributed by atoms with Crippen molar-refractivity contribution in [2.24, 2.45) is 0 Å². The van der Waals surface area contributed by atoms with Crippen LogP contribution in [0.4, 0.5) is 11.4 Å². The average Bonchev–Trinajstić information content (AvgIpc) is 3.28. The molecule has 0 aliphatic carbocycles. The fraction of sp³-hybridized carbons (Fsp3) is 0.0526. The number of rotatable bonds is 9. The number of nitrogens with one attached hydrogen (secondary N) is 2. The first-order valence-corrected chi connectivity index (χ1v) is 10.9. The molecule has 3 N–H and O–H groups in total. The summed E-state index contributed by atoms with van der Waals surface area (Å²) < 4.78 is 28.4. The molecule has 0 radical (unpaired) electrons. The number of phenols is 1. The van der Waals surface area contributed by atoms with E-state index in [2.05, 4.69) is 37.9 Å². The molecule has 0 saturated carbocycles. The number of H-pyrrole nitrogens is 1. The number of aromatic hydroxyl groups is 1. The number of benzene rings is 2. The lowest BCUT2D eigenvalue weighted by Gasteiger charge is -2.16. The van der Waals surface area contributed by atoms with Gasteiger partial charge in [-0.3, -0.25) is 9.82 Å². The van der Waals surface area contributed by atoms with Crippen LogP contribution in [0.15, 0.2) is 64.8 Å². The third-order valence-electron chi connectivity index (χ3n) is 4.12. The van der Waals surface area contributed by atoms with Crippen molar-refractivity contribution in [2.45, 2.75) is 14.9 Å². The molecule has 3 aromatic rings. The average molecular weight is 461 g/mol. The predicted octanol–water partition coefficient (Wildman–Crippen LogP) is 3.72. The van der Waals surface area contributed by atoms with E-state index < -0.39 is 10.0 Å². The summed E-state index contributed by atoms with van der Waals surface area (Å²) in [5, 5.41) is 17.4. The summed E-state index contributed by atoms with van der Waals surface area (Å²) in [6, 6.07) is 6.64. The topological polar surface area (TPSA) is 137 Å². The van der Waals surface area contributed by atoms with Crippen molar-refractivity contribution in [1.29, 1.82) is 0 Å². The highest BCUT2D eigenvalue weighted by molar-refractivity contribution is 7.99. The second-order valence-corrected chi connectivity index (χ2v) is 8.65. The minimum absolute atomic E-state index is 0.0755. The zero-order chi connectivity index (χ0) is 22.6. The molecule has 0 aliphatic heterocycles. The van der Waals surface area contributed by atoms with Gasteiger partial charge in [0.15, 0.2) is 12.3 Å². The Labute approximate surface area is 182 Å². The monoisotopic (exact) mass is 460 g/mol. The largest absolute Gasteiger partial charge is 0.506 e. The van der Waals surface area contributed by atoms with Crippen LogP contribution in [-0.2, 0) is 14.9 Å².